The van der Waals surface area contributed by atoms with E-state index in [1.54, 1.807) is 11.3 Å². The van der Waals surface area contributed by atoms with Crippen LogP contribution in [0.3, 0.4) is 0 Å². The zero-order valence-corrected chi connectivity index (χ0v) is 14.4. The minimum Gasteiger partial charge on any atom is -0.369 e. The second-order valence-electron chi connectivity index (χ2n) is 6.21. The topological polar surface area (TPSA) is 30.3 Å². The Morgan fingerprint density at radius 2 is 2.17 bits per heavy atom. The molecular formula is C19H21N3OS. The van der Waals surface area contributed by atoms with E-state index in [0.29, 0.717) is 6.61 Å². The van der Waals surface area contributed by atoms with Crippen molar-refractivity contribution in [3.8, 4) is 0 Å². The van der Waals surface area contributed by atoms with Crippen LogP contribution in [0.1, 0.15) is 17.0 Å². The number of nitrogens with zero attached hydrogens (tertiary/aromatic N) is 3. The van der Waals surface area contributed by atoms with Gasteiger partial charge in [0.15, 0.2) is 0 Å². The Balaban J connectivity index is 1.46. The van der Waals surface area contributed by atoms with E-state index in [2.05, 4.69) is 49.6 Å². The molecule has 5 heteroatoms. The molecule has 0 spiro atoms. The van der Waals surface area contributed by atoms with Crippen molar-refractivity contribution in [2.45, 2.75) is 32.3 Å². The van der Waals surface area contributed by atoms with Gasteiger partial charge in [-0.15, -0.1) is 0 Å². The highest BCUT2D eigenvalue weighted by Gasteiger charge is 2.22. The van der Waals surface area contributed by atoms with Crippen LogP contribution in [-0.2, 0) is 31.0 Å². The number of thiophene rings is 1. The van der Waals surface area contributed by atoms with Gasteiger partial charge in [0.2, 0.25) is 0 Å². The van der Waals surface area contributed by atoms with Gasteiger partial charge in [0.1, 0.15) is 0 Å². The molecule has 0 aromatic carbocycles. The summed E-state index contributed by atoms with van der Waals surface area (Å²) in [7, 11) is 0. The first-order chi connectivity index (χ1) is 11.9. The number of ether oxygens (including phenoxy) is 1. The minimum absolute atomic E-state index is 0.166. The molecule has 4 heterocycles. The van der Waals surface area contributed by atoms with Crippen LogP contribution in [0.15, 0.2) is 59.6 Å². The highest BCUT2D eigenvalue weighted by Crippen LogP contribution is 2.19. The van der Waals surface area contributed by atoms with Gasteiger partial charge in [0.05, 0.1) is 18.4 Å². The number of rotatable bonds is 5. The fourth-order valence-corrected chi connectivity index (χ4v) is 3.84. The number of pyridine rings is 1. The molecule has 0 aliphatic carbocycles. The van der Waals surface area contributed by atoms with Gasteiger partial charge in [0, 0.05) is 44.3 Å². The summed E-state index contributed by atoms with van der Waals surface area (Å²) in [6.07, 6.45) is 4.14. The molecule has 4 rings (SSSR count). The van der Waals surface area contributed by atoms with Gasteiger partial charge in [-0.25, -0.2) is 0 Å². The first kappa shape index (κ1) is 15.6. The first-order valence-electron chi connectivity index (χ1n) is 8.26. The van der Waals surface area contributed by atoms with E-state index < -0.39 is 0 Å². The van der Waals surface area contributed by atoms with Gasteiger partial charge in [-0.2, -0.15) is 11.3 Å². The Labute approximate surface area is 146 Å². The summed E-state index contributed by atoms with van der Waals surface area (Å²) in [5.41, 5.74) is 3.72. The summed E-state index contributed by atoms with van der Waals surface area (Å²) in [4.78, 5) is 6.83. The van der Waals surface area contributed by atoms with Gasteiger partial charge in [-0.3, -0.25) is 9.88 Å². The van der Waals surface area contributed by atoms with E-state index in [0.717, 1.165) is 31.9 Å². The predicted molar refractivity (Wildman–Crippen MR) is 95.7 cm³/mol. The van der Waals surface area contributed by atoms with Crippen molar-refractivity contribution < 1.29 is 4.74 Å². The molecule has 1 atom stereocenters. The van der Waals surface area contributed by atoms with Crippen LogP contribution in [-0.4, -0.2) is 27.1 Å². The fraction of sp³-hybridized carbons (Fsp3) is 0.316. The summed E-state index contributed by atoms with van der Waals surface area (Å²) in [6, 6.07) is 12.5. The maximum absolute atomic E-state index is 6.20. The van der Waals surface area contributed by atoms with Crippen LogP contribution in [0.4, 0.5) is 0 Å². The summed E-state index contributed by atoms with van der Waals surface area (Å²) < 4.78 is 8.52. The average molecular weight is 339 g/mol. The van der Waals surface area contributed by atoms with Crippen molar-refractivity contribution in [1.29, 1.82) is 0 Å². The molecule has 0 radical (unpaired) electrons. The van der Waals surface area contributed by atoms with Crippen LogP contribution in [0.25, 0.3) is 0 Å². The third kappa shape index (κ3) is 3.75. The molecule has 24 heavy (non-hydrogen) atoms. The van der Waals surface area contributed by atoms with E-state index in [9.17, 15) is 0 Å². The summed E-state index contributed by atoms with van der Waals surface area (Å²) in [5.74, 6) is 0. The molecule has 0 bridgehead atoms. The molecule has 3 aromatic heterocycles. The van der Waals surface area contributed by atoms with E-state index in [1.165, 1.54) is 11.3 Å². The molecule has 0 amide bonds. The lowest BCUT2D eigenvalue weighted by molar-refractivity contribution is 0.00727. The van der Waals surface area contributed by atoms with Gasteiger partial charge in [-0.05, 0) is 46.7 Å². The van der Waals surface area contributed by atoms with Crippen molar-refractivity contribution in [1.82, 2.24) is 14.5 Å². The minimum atomic E-state index is 0.166. The first-order valence-corrected chi connectivity index (χ1v) is 9.20. The summed E-state index contributed by atoms with van der Waals surface area (Å²) >= 11 is 1.76. The number of hydrogen-bond donors (Lipinski definition) is 0. The summed E-state index contributed by atoms with van der Waals surface area (Å²) in [6.45, 7) is 4.33. The van der Waals surface area contributed by atoms with Crippen LogP contribution in [0, 0.1) is 0 Å². The van der Waals surface area contributed by atoms with Crippen molar-refractivity contribution in [2.75, 3.05) is 6.54 Å². The fourth-order valence-electron chi connectivity index (χ4n) is 3.18. The number of aromatic nitrogens is 2. The van der Waals surface area contributed by atoms with E-state index in [4.69, 9.17) is 4.74 Å². The molecule has 124 valence electrons. The Kier molecular flexibility index (Phi) is 4.74. The van der Waals surface area contributed by atoms with Crippen molar-refractivity contribution >= 4 is 11.3 Å². The SMILES string of the molecule is c1ccc(CO[C@@H]2CN(Cc3ccsc3)Cc3cccn3C2)nc1. The van der Waals surface area contributed by atoms with Crippen LogP contribution >= 0.6 is 11.3 Å². The molecule has 1 aliphatic rings. The molecule has 0 saturated heterocycles. The Hall–Kier alpha value is -1.95. The number of fused-ring (bicyclic) bond motifs is 1. The third-order valence-corrected chi connectivity index (χ3v) is 5.08. The highest BCUT2D eigenvalue weighted by molar-refractivity contribution is 7.07. The summed E-state index contributed by atoms with van der Waals surface area (Å²) in [5, 5.41) is 4.37. The maximum Gasteiger partial charge on any atom is 0.0893 e. The van der Waals surface area contributed by atoms with Crippen molar-refractivity contribution in [3.05, 3.63) is 76.5 Å². The van der Waals surface area contributed by atoms with Gasteiger partial charge < -0.3 is 9.30 Å². The zero-order chi connectivity index (χ0) is 16.2. The molecular weight excluding hydrogens is 318 g/mol. The van der Waals surface area contributed by atoms with Crippen molar-refractivity contribution in [2.24, 2.45) is 0 Å². The second kappa shape index (κ2) is 7.30. The smallest absolute Gasteiger partial charge is 0.0893 e. The lowest BCUT2D eigenvalue weighted by atomic mass is 10.2. The lowest BCUT2D eigenvalue weighted by Gasteiger charge is -2.23. The van der Waals surface area contributed by atoms with Gasteiger partial charge >= 0.3 is 0 Å². The van der Waals surface area contributed by atoms with Gasteiger partial charge in [-0.1, -0.05) is 6.07 Å². The number of hydrogen-bond acceptors (Lipinski definition) is 4. The van der Waals surface area contributed by atoms with Crippen LogP contribution in [0.2, 0.25) is 0 Å². The quantitative estimate of drug-likeness (QED) is 0.712. The molecule has 4 nitrogen and oxygen atoms in total. The Morgan fingerprint density at radius 1 is 1.17 bits per heavy atom. The average Bonchev–Trinajstić information content (AvgIpc) is 3.23. The third-order valence-electron chi connectivity index (χ3n) is 4.35. The molecule has 3 aromatic rings. The van der Waals surface area contributed by atoms with Crippen LogP contribution < -0.4 is 0 Å². The molecule has 0 N–H and O–H groups in total. The maximum atomic E-state index is 6.20. The zero-order valence-electron chi connectivity index (χ0n) is 13.5. The van der Waals surface area contributed by atoms with Gasteiger partial charge in [0.25, 0.3) is 0 Å². The van der Waals surface area contributed by atoms with Crippen LogP contribution in [0.5, 0.6) is 0 Å². The van der Waals surface area contributed by atoms with E-state index in [-0.39, 0.29) is 6.10 Å². The Bertz CT molecular complexity index is 754. The van der Waals surface area contributed by atoms with E-state index in [1.807, 2.05) is 24.4 Å². The lowest BCUT2D eigenvalue weighted by Crippen LogP contribution is -2.32. The Morgan fingerprint density at radius 3 is 3.00 bits per heavy atom. The standard InChI is InChI=1S/C19H21N3OS/c1-2-7-20-17(4-1)14-23-19-12-21(10-16-6-9-24-15-16)11-18-5-3-8-22(18)13-19/h1-9,15,19H,10-14H2/t19-/m1/s1. The predicted octanol–water partition coefficient (Wildman–Crippen LogP) is 3.55. The molecule has 0 saturated carbocycles. The van der Waals surface area contributed by atoms with E-state index >= 15 is 0 Å². The molecule has 1 aliphatic heterocycles. The normalized spacial score (nSPS) is 18.2. The van der Waals surface area contributed by atoms with Crippen molar-refractivity contribution in [3.63, 3.8) is 0 Å². The second-order valence-corrected chi connectivity index (χ2v) is 6.99. The monoisotopic (exact) mass is 339 g/mol. The largest absolute Gasteiger partial charge is 0.369 e. The highest BCUT2D eigenvalue weighted by atomic mass is 32.1. The molecule has 0 fully saturated rings. The molecule has 0 unspecified atom stereocenters.